The van der Waals surface area contributed by atoms with E-state index in [2.05, 4.69) is 5.10 Å². The van der Waals surface area contributed by atoms with Gasteiger partial charge in [0.2, 0.25) is 0 Å². The SMILES string of the molecule is CCCOc1ccc(-c2ccc(CCCc3nn(-c4ccc(C(F)(F)F)cc4)c(=O)n3-c3ccccc3F)cc2)cc1CC(=O)O. The van der Waals surface area contributed by atoms with Crippen molar-refractivity contribution in [2.24, 2.45) is 0 Å². The van der Waals surface area contributed by atoms with Gasteiger partial charge in [-0.3, -0.25) is 4.79 Å². The first-order chi connectivity index (χ1) is 22.0. The number of aliphatic carboxylic acids is 1. The van der Waals surface area contributed by atoms with Gasteiger partial charge in [-0.05, 0) is 84.5 Å². The predicted octanol–water partition coefficient (Wildman–Crippen LogP) is 7.44. The number of rotatable bonds is 12. The first-order valence-electron chi connectivity index (χ1n) is 14.8. The second-order valence-corrected chi connectivity index (χ2v) is 10.7. The summed E-state index contributed by atoms with van der Waals surface area (Å²) >= 11 is 0. The standard InChI is InChI=1S/C35H31F4N3O4/c1-2-20-46-31-19-14-25(21-26(31)22-33(43)44)24-12-10-23(11-13-24)6-5-9-32-40-42(28-17-15-27(16-18-28)35(37,38)39)34(45)41(32)30-8-4-3-7-29(30)36/h3-4,7-8,10-19,21H,2,5-6,9,20,22H2,1H3,(H,43,44). The van der Waals surface area contributed by atoms with Crippen molar-refractivity contribution in [2.45, 2.75) is 45.2 Å². The molecule has 0 bridgehead atoms. The second kappa shape index (κ2) is 13.8. The number of benzene rings is 4. The van der Waals surface area contributed by atoms with Gasteiger partial charge < -0.3 is 9.84 Å². The smallest absolute Gasteiger partial charge is 0.416 e. The summed E-state index contributed by atoms with van der Waals surface area (Å²) in [5, 5.41) is 13.7. The van der Waals surface area contributed by atoms with Crippen LogP contribution >= 0.6 is 0 Å². The molecule has 0 amide bonds. The molecule has 1 heterocycles. The normalized spacial score (nSPS) is 11.5. The first-order valence-corrected chi connectivity index (χ1v) is 14.8. The zero-order valence-electron chi connectivity index (χ0n) is 24.9. The summed E-state index contributed by atoms with van der Waals surface area (Å²) in [7, 11) is 0. The number of nitrogens with zero attached hydrogens (tertiary/aromatic N) is 3. The van der Waals surface area contributed by atoms with Gasteiger partial charge in [0, 0.05) is 12.0 Å². The maximum Gasteiger partial charge on any atom is 0.416 e. The molecular formula is C35H31F4N3O4. The van der Waals surface area contributed by atoms with Crippen molar-refractivity contribution in [3.63, 3.8) is 0 Å². The van der Waals surface area contributed by atoms with Gasteiger partial charge >= 0.3 is 17.8 Å². The third-order valence-electron chi connectivity index (χ3n) is 7.40. The molecule has 0 unspecified atom stereocenters. The van der Waals surface area contributed by atoms with Crippen LogP contribution < -0.4 is 10.4 Å². The third kappa shape index (κ3) is 7.36. The van der Waals surface area contributed by atoms with E-state index in [0.717, 1.165) is 56.6 Å². The summed E-state index contributed by atoms with van der Waals surface area (Å²) in [5.41, 5.74) is 1.93. The molecule has 0 radical (unpaired) electrons. The van der Waals surface area contributed by atoms with Crippen LogP contribution in [-0.4, -0.2) is 32.0 Å². The molecule has 0 aliphatic heterocycles. The minimum absolute atomic E-state index is 0.00149. The van der Waals surface area contributed by atoms with Crippen molar-refractivity contribution in [1.29, 1.82) is 0 Å². The van der Waals surface area contributed by atoms with Crippen LogP contribution in [0.5, 0.6) is 5.75 Å². The van der Waals surface area contributed by atoms with E-state index < -0.39 is 29.2 Å². The summed E-state index contributed by atoms with van der Waals surface area (Å²) in [6.07, 6.45) is -2.45. The molecule has 0 fully saturated rings. The molecule has 1 aromatic heterocycles. The summed E-state index contributed by atoms with van der Waals surface area (Å²) in [6, 6.07) is 23.1. The van der Waals surface area contributed by atoms with Gasteiger partial charge in [0.15, 0.2) is 0 Å². The zero-order valence-corrected chi connectivity index (χ0v) is 24.9. The van der Waals surface area contributed by atoms with Crippen LogP contribution in [0.15, 0.2) is 95.8 Å². The third-order valence-corrected chi connectivity index (χ3v) is 7.40. The molecule has 0 saturated carbocycles. The largest absolute Gasteiger partial charge is 0.493 e. The van der Waals surface area contributed by atoms with Gasteiger partial charge in [0.05, 0.1) is 30.0 Å². The van der Waals surface area contributed by atoms with E-state index in [9.17, 15) is 32.3 Å². The average Bonchev–Trinajstić information content (AvgIpc) is 3.35. The molecule has 5 aromatic rings. The fourth-order valence-electron chi connectivity index (χ4n) is 5.13. The molecule has 0 spiro atoms. The average molecular weight is 634 g/mol. The van der Waals surface area contributed by atoms with Crippen molar-refractivity contribution in [3.05, 3.63) is 130 Å². The van der Waals surface area contributed by atoms with E-state index in [0.29, 0.717) is 30.8 Å². The number of hydrogen-bond acceptors (Lipinski definition) is 4. The lowest BCUT2D eigenvalue weighted by atomic mass is 9.98. The van der Waals surface area contributed by atoms with Crippen LogP contribution in [-0.2, 0) is 30.2 Å². The summed E-state index contributed by atoms with van der Waals surface area (Å²) < 4.78 is 61.9. The lowest BCUT2D eigenvalue weighted by molar-refractivity contribution is -0.138. The quantitative estimate of drug-likeness (QED) is 0.144. The number of carboxylic acid groups (broad SMARTS) is 1. The number of hydrogen-bond donors (Lipinski definition) is 1. The van der Waals surface area contributed by atoms with Crippen molar-refractivity contribution in [2.75, 3.05) is 6.61 Å². The summed E-state index contributed by atoms with van der Waals surface area (Å²) in [5.74, 6) is -0.759. The Morgan fingerprint density at radius 3 is 2.26 bits per heavy atom. The van der Waals surface area contributed by atoms with E-state index in [1.807, 2.05) is 43.3 Å². The van der Waals surface area contributed by atoms with Gasteiger partial charge in [-0.2, -0.15) is 17.9 Å². The summed E-state index contributed by atoms with van der Waals surface area (Å²) in [4.78, 5) is 24.8. The molecule has 0 aliphatic rings. The minimum atomic E-state index is -4.53. The van der Waals surface area contributed by atoms with Crippen LogP contribution in [0.1, 0.15) is 42.3 Å². The highest BCUT2D eigenvalue weighted by Crippen LogP contribution is 2.30. The van der Waals surface area contributed by atoms with Gasteiger partial charge in [-0.1, -0.05) is 49.4 Å². The molecular weight excluding hydrogens is 602 g/mol. The van der Waals surface area contributed by atoms with E-state index in [-0.39, 0.29) is 30.0 Å². The number of carboxylic acids is 1. The van der Waals surface area contributed by atoms with E-state index >= 15 is 0 Å². The maximum absolute atomic E-state index is 14.8. The Labute approximate surface area is 262 Å². The van der Waals surface area contributed by atoms with Crippen molar-refractivity contribution in [3.8, 4) is 28.3 Å². The Hall–Kier alpha value is -5.19. The first kappa shape index (κ1) is 32.2. The van der Waals surface area contributed by atoms with Crippen LogP contribution in [0.3, 0.4) is 0 Å². The van der Waals surface area contributed by atoms with E-state index in [1.165, 1.54) is 18.2 Å². The van der Waals surface area contributed by atoms with Gasteiger partial charge in [0.25, 0.3) is 0 Å². The molecule has 46 heavy (non-hydrogen) atoms. The summed E-state index contributed by atoms with van der Waals surface area (Å²) in [6.45, 7) is 2.47. The number of aromatic nitrogens is 3. The molecule has 7 nitrogen and oxygen atoms in total. The fourth-order valence-corrected chi connectivity index (χ4v) is 5.13. The highest BCUT2D eigenvalue weighted by molar-refractivity contribution is 5.74. The van der Waals surface area contributed by atoms with E-state index in [1.54, 1.807) is 12.1 Å². The van der Waals surface area contributed by atoms with Crippen molar-refractivity contribution in [1.82, 2.24) is 14.3 Å². The van der Waals surface area contributed by atoms with Crippen LogP contribution in [0.2, 0.25) is 0 Å². The highest BCUT2D eigenvalue weighted by atomic mass is 19.4. The molecule has 1 N–H and O–H groups in total. The number of aryl methyl sites for hydroxylation is 2. The van der Waals surface area contributed by atoms with Crippen LogP contribution in [0, 0.1) is 5.82 Å². The number of para-hydroxylation sites is 1. The molecule has 11 heteroatoms. The monoisotopic (exact) mass is 633 g/mol. The highest BCUT2D eigenvalue weighted by Gasteiger charge is 2.30. The second-order valence-electron chi connectivity index (χ2n) is 10.7. The molecule has 0 saturated heterocycles. The zero-order chi connectivity index (χ0) is 32.8. The number of halogens is 4. The minimum Gasteiger partial charge on any atom is -0.493 e. The van der Waals surface area contributed by atoms with Crippen LogP contribution in [0.4, 0.5) is 17.6 Å². The van der Waals surface area contributed by atoms with Crippen molar-refractivity contribution < 1.29 is 32.2 Å². The van der Waals surface area contributed by atoms with Gasteiger partial charge in [-0.15, -0.1) is 5.10 Å². The Bertz CT molecular complexity index is 1880. The van der Waals surface area contributed by atoms with Gasteiger partial charge in [0.1, 0.15) is 17.4 Å². The Morgan fingerprint density at radius 2 is 1.61 bits per heavy atom. The molecule has 5 rings (SSSR count). The molecule has 0 atom stereocenters. The van der Waals surface area contributed by atoms with E-state index in [4.69, 9.17) is 4.74 Å². The van der Waals surface area contributed by atoms with Gasteiger partial charge in [-0.25, -0.2) is 13.8 Å². The Balaban J connectivity index is 1.35. The fraction of sp³-hybridized carbons (Fsp3) is 0.229. The number of carbonyl (C=O) groups is 1. The predicted molar refractivity (Wildman–Crippen MR) is 165 cm³/mol. The lowest BCUT2D eigenvalue weighted by Gasteiger charge is -2.12. The van der Waals surface area contributed by atoms with Crippen LogP contribution in [0.25, 0.3) is 22.5 Å². The molecule has 238 valence electrons. The number of alkyl halides is 3. The Kier molecular flexibility index (Phi) is 9.69. The molecule has 0 aliphatic carbocycles. The molecule has 4 aromatic carbocycles. The Morgan fingerprint density at radius 1 is 0.913 bits per heavy atom. The van der Waals surface area contributed by atoms with Crippen molar-refractivity contribution >= 4 is 5.97 Å². The lowest BCUT2D eigenvalue weighted by Crippen LogP contribution is -2.24. The topological polar surface area (TPSA) is 86.4 Å². The maximum atomic E-state index is 14.8. The number of ether oxygens (including phenoxy) is 1.